The highest BCUT2D eigenvalue weighted by Crippen LogP contribution is 2.11. The number of hydrogen-bond acceptors (Lipinski definition) is 3. The van der Waals surface area contributed by atoms with Crippen molar-refractivity contribution in [2.24, 2.45) is 4.99 Å². The topological polar surface area (TPSA) is 74.8 Å². The van der Waals surface area contributed by atoms with Crippen molar-refractivity contribution in [3.05, 3.63) is 34.3 Å². The van der Waals surface area contributed by atoms with Crippen LogP contribution in [0.1, 0.15) is 30.1 Å². The van der Waals surface area contributed by atoms with E-state index in [1.807, 2.05) is 19.1 Å². The summed E-state index contributed by atoms with van der Waals surface area (Å²) in [5.74, 6) is 0.733. The Morgan fingerprint density at radius 1 is 1.20 bits per heavy atom. The number of carbonyl (C=O) groups is 1. The van der Waals surface area contributed by atoms with E-state index >= 15 is 0 Å². The van der Waals surface area contributed by atoms with Gasteiger partial charge in [-0.15, -0.1) is 24.0 Å². The summed E-state index contributed by atoms with van der Waals surface area (Å²) in [7, 11) is 1.70. The van der Waals surface area contributed by atoms with E-state index in [2.05, 4.69) is 36.9 Å². The smallest absolute Gasteiger partial charge is 0.251 e. The molecule has 0 aliphatic carbocycles. The van der Waals surface area contributed by atoms with Crippen LogP contribution in [0.3, 0.4) is 0 Å². The monoisotopic (exact) mass is 526 g/mol. The van der Waals surface area contributed by atoms with Crippen LogP contribution in [0.25, 0.3) is 0 Å². The number of guanidine groups is 1. The van der Waals surface area contributed by atoms with Crippen molar-refractivity contribution in [2.45, 2.75) is 19.8 Å². The molecule has 0 unspecified atom stereocenters. The number of ether oxygens (including phenoxy) is 1. The molecule has 0 atom stereocenters. The van der Waals surface area contributed by atoms with Gasteiger partial charge in [0, 0.05) is 49.9 Å². The Hall–Kier alpha value is -0.870. The van der Waals surface area contributed by atoms with Crippen molar-refractivity contribution in [3.63, 3.8) is 0 Å². The van der Waals surface area contributed by atoms with Gasteiger partial charge < -0.3 is 20.7 Å². The molecule has 3 N–H and O–H groups in total. The maximum Gasteiger partial charge on any atom is 0.251 e. The molecule has 0 saturated heterocycles. The fraction of sp³-hybridized carbons (Fsp3) is 0.529. The van der Waals surface area contributed by atoms with Gasteiger partial charge in [-0.3, -0.25) is 9.79 Å². The van der Waals surface area contributed by atoms with Crippen LogP contribution >= 0.6 is 39.9 Å². The summed E-state index contributed by atoms with van der Waals surface area (Å²) in [6.45, 7) is 5.64. The van der Waals surface area contributed by atoms with E-state index in [1.54, 1.807) is 19.2 Å². The minimum Gasteiger partial charge on any atom is -0.385 e. The summed E-state index contributed by atoms with van der Waals surface area (Å²) in [5, 5.41) is 9.36. The minimum absolute atomic E-state index is 0. The molecule has 0 saturated carbocycles. The molecule has 0 heterocycles. The van der Waals surface area contributed by atoms with E-state index < -0.39 is 0 Å². The number of benzene rings is 1. The summed E-state index contributed by atoms with van der Waals surface area (Å²) in [6, 6.07) is 7.35. The molecule has 1 amide bonds. The van der Waals surface area contributed by atoms with Crippen molar-refractivity contribution in [1.29, 1.82) is 0 Å². The second-order valence-electron chi connectivity index (χ2n) is 5.15. The molecule has 0 fully saturated rings. The van der Waals surface area contributed by atoms with Crippen LogP contribution in [0.15, 0.2) is 33.7 Å². The Kier molecular flexibility index (Phi) is 14.9. The molecular formula is C17H28BrIN4O2. The van der Waals surface area contributed by atoms with Gasteiger partial charge in [-0.25, -0.2) is 0 Å². The van der Waals surface area contributed by atoms with E-state index in [9.17, 15) is 4.79 Å². The lowest BCUT2D eigenvalue weighted by Crippen LogP contribution is -2.38. The molecule has 25 heavy (non-hydrogen) atoms. The summed E-state index contributed by atoms with van der Waals surface area (Å²) in [4.78, 5) is 16.5. The lowest BCUT2D eigenvalue weighted by molar-refractivity contribution is 0.0953. The Balaban J connectivity index is 0.00000576. The summed E-state index contributed by atoms with van der Waals surface area (Å²) in [6.07, 6.45) is 1.72. The molecule has 0 aromatic heterocycles. The molecule has 1 aromatic carbocycles. The van der Waals surface area contributed by atoms with Crippen molar-refractivity contribution >= 4 is 51.8 Å². The summed E-state index contributed by atoms with van der Waals surface area (Å²) in [5.41, 5.74) is 0.654. The van der Waals surface area contributed by atoms with Gasteiger partial charge in [0.15, 0.2) is 5.96 Å². The van der Waals surface area contributed by atoms with Gasteiger partial charge in [-0.1, -0.05) is 22.0 Å². The Morgan fingerprint density at radius 3 is 2.64 bits per heavy atom. The molecule has 1 aromatic rings. The van der Waals surface area contributed by atoms with Crippen LogP contribution in [-0.4, -0.2) is 51.8 Å². The summed E-state index contributed by atoms with van der Waals surface area (Å²) >= 11 is 3.36. The third kappa shape index (κ3) is 11.4. The largest absolute Gasteiger partial charge is 0.385 e. The zero-order chi connectivity index (χ0) is 17.6. The lowest BCUT2D eigenvalue weighted by atomic mass is 10.2. The second-order valence-corrected chi connectivity index (χ2v) is 6.07. The second kappa shape index (κ2) is 15.4. The SMILES string of the molecule is CCNC(=NCCCNC(=O)c1cccc(Br)c1)NCCCOC.I. The van der Waals surface area contributed by atoms with Gasteiger partial charge in [0.25, 0.3) is 5.91 Å². The van der Waals surface area contributed by atoms with E-state index in [4.69, 9.17) is 4.74 Å². The number of amides is 1. The zero-order valence-electron chi connectivity index (χ0n) is 14.8. The van der Waals surface area contributed by atoms with Gasteiger partial charge in [0.1, 0.15) is 0 Å². The summed E-state index contributed by atoms with van der Waals surface area (Å²) < 4.78 is 5.92. The van der Waals surface area contributed by atoms with Crippen LogP contribution in [0.5, 0.6) is 0 Å². The third-order valence-corrected chi connectivity index (χ3v) is 3.63. The predicted octanol–water partition coefficient (Wildman–Crippen LogP) is 2.78. The van der Waals surface area contributed by atoms with Gasteiger partial charge in [0.05, 0.1) is 0 Å². The highest BCUT2D eigenvalue weighted by Gasteiger charge is 2.04. The highest BCUT2D eigenvalue weighted by atomic mass is 127. The Labute approximate surface area is 175 Å². The average molecular weight is 527 g/mol. The highest BCUT2D eigenvalue weighted by molar-refractivity contribution is 14.0. The molecule has 8 heteroatoms. The first-order valence-corrected chi connectivity index (χ1v) is 9.01. The van der Waals surface area contributed by atoms with Gasteiger partial charge in [-0.2, -0.15) is 0 Å². The number of aliphatic imine (C=N–C) groups is 1. The molecule has 1 rings (SSSR count). The fourth-order valence-electron chi connectivity index (χ4n) is 1.97. The van der Waals surface area contributed by atoms with E-state index in [0.717, 1.165) is 43.0 Å². The van der Waals surface area contributed by atoms with Crippen molar-refractivity contribution in [3.8, 4) is 0 Å². The standard InChI is InChI=1S/C17H27BrN4O2.HI/c1-3-19-17(22-11-6-12-24-2)21-10-5-9-20-16(23)14-7-4-8-15(18)13-14;/h4,7-8,13H,3,5-6,9-12H2,1-2H3,(H,20,23)(H2,19,21,22);1H. The lowest BCUT2D eigenvalue weighted by Gasteiger charge is -2.11. The number of carbonyl (C=O) groups excluding carboxylic acids is 1. The van der Waals surface area contributed by atoms with Gasteiger partial charge in [0.2, 0.25) is 0 Å². The maximum absolute atomic E-state index is 12.0. The molecule has 0 aliphatic heterocycles. The van der Waals surface area contributed by atoms with Crippen LogP contribution in [0.2, 0.25) is 0 Å². The van der Waals surface area contributed by atoms with Crippen LogP contribution in [-0.2, 0) is 4.74 Å². The minimum atomic E-state index is -0.0649. The first-order valence-electron chi connectivity index (χ1n) is 8.22. The number of rotatable bonds is 10. The first-order chi connectivity index (χ1) is 11.7. The number of hydrogen-bond donors (Lipinski definition) is 3. The molecule has 0 radical (unpaired) electrons. The van der Waals surface area contributed by atoms with E-state index in [1.165, 1.54) is 0 Å². The molecule has 0 spiro atoms. The van der Waals surface area contributed by atoms with Crippen molar-refractivity contribution < 1.29 is 9.53 Å². The Morgan fingerprint density at radius 2 is 1.96 bits per heavy atom. The molecule has 6 nitrogen and oxygen atoms in total. The predicted molar refractivity (Wildman–Crippen MR) is 117 cm³/mol. The van der Waals surface area contributed by atoms with E-state index in [-0.39, 0.29) is 29.9 Å². The van der Waals surface area contributed by atoms with Crippen LogP contribution in [0, 0.1) is 0 Å². The number of halogens is 2. The zero-order valence-corrected chi connectivity index (χ0v) is 18.7. The maximum atomic E-state index is 12.0. The Bertz CT molecular complexity index is 529. The fourth-order valence-corrected chi connectivity index (χ4v) is 2.37. The number of methoxy groups -OCH3 is 1. The van der Waals surface area contributed by atoms with Crippen LogP contribution in [0.4, 0.5) is 0 Å². The number of nitrogens with one attached hydrogen (secondary N) is 3. The normalized spacial score (nSPS) is 10.8. The molecular weight excluding hydrogens is 499 g/mol. The molecule has 142 valence electrons. The first kappa shape index (κ1) is 24.1. The van der Waals surface area contributed by atoms with Crippen molar-refractivity contribution in [1.82, 2.24) is 16.0 Å². The average Bonchev–Trinajstić information content (AvgIpc) is 2.58. The number of nitrogens with zero attached hydrogens (tertiary/aromatic N) is 1. The van der Waals surface area contributed by atoms with Gasteiger partial charge >= 0.3 is 0 Å². The van der Waals surface area contributed by atoms with Gasteiger partial charge in [-0.05, 0) is 38.0 Å². The van der Waals surface area contributed by atoms with E-state index in [0.29, 0.717) is 18.7 Å². The third-order valence-electron chi connectivity index (χ3n) is 3.14. The molecule has 0 bridgehead atoms. The quantitative estimate of drug-likeness (QED) is 0.190. The van der Waals surface area contributed by atoms with Crippen LogP contribution < -0.4 is 16.0 Å². The van der Waals surface area contributed by atoms with Crippen molar-refractivity contribution in [2.75, 3.05) is 39.9 Å². The molecule has 0 aliphatic rings.